The molecule has 1 saturated heterocycles. The van der Waals surface area contributed by atoms with Crippen molar-refractivity contribution in [1.82, 2.24) is 19.4 Å². The molecule has 1 aliphatic heterocycles. The van der Waals surface area contributed by atoms with E-state index in [0.717, 1.165) is 29.2 Å². The molecule has 0 N–H and O–H groups in total. The van der Waals surface area contributed by atoms with Gasteiger partial charge in [0.15, 0.2) is 5.65 Å². The maximum absolute atomic E-state index is 6.08. The number of imidazole rings is 1. The highest BCUT2D eigenvalue weighted by atomic mass is 35.5. The summed E-state index contributed by atoms with van der Waals surface area (Å²) in [6.07, 6.45) is 2.63. The molecule has 20 heavy (non-hydrogen) atoms. The van der Waals surface area contributed by atoms with E-state index in [9.17, 15) is 0 Å². The minimum Gasteiger partial charge on any atom is -0.308 e. The lowest BCUT2D eigenvalue weighted by atomic mass is 10.3. The topological polar surface area (TPSA) is 34.0 Å². The molecule has 3 heterocycles. The molecular weight excluding hydrogens is 272 g/mol. The number of aromatic nitrogens is 3. The molecule has 0 amide bonds. The number of likely N-dealkylation sites (tertiary alicyclic amines) is 1. The zero-order valence-electron chi connectivity index (χ0n) is 12.1. The third kappa shape index (κ3) is 2.54. The Bertz CT molecular complexity index is 601. The fourth-order valence-electron chi connectivity index (χ4n) is 3.09. The highest BCUT2D eigenvalue weighted by Crippen LogP contribution is 2.23. The largest absolute Gasteiger partial charge is 0.308 e. The molecule has 0 aliphatic carbocycles. The lowest BCUT2D eigenvalue weighted by Gasteiger charge is -2.22. The number of rotatable bonds is 4. The SMILES string of the molecule is Cc1ccc2nc(CCl)n(C(C)CN3CCCC3)c2n1. The van der Waals surface area contributed by atoms with Gasteiger partial charge in [0, 0.05) is 18.3 Å². The van der Waals surface area contributed by atoms with Crippen LogP contribution in [0, 0.1) is 6.92 Å². The molecule has 1 unspecified atom stereocenters. The summed E-state index contributed by atoms with van der Waals surface area (Å²) in [7, 11) is 0. The van der Waals surface area contributed by atoms with Gasteiger partial charge < -0.3 is 9.47 Å². The highest BCUT2D eigenvalue weighted by Gasteiger charge is 2.20. The van der Waals surface area contributed by atoms with Gasteiger partial charge in [-0.1, -0.05) is 0 Å². The zero-order chi connectivity index (χ0) is 14.1. The van der Waals surface area contributed by atoms with Crippen molar-refractivity contribution >= 4 is 22.8 Å². The van der Waals surface area contributed by atoms with Crippen LogP contribution in [0.15, 0.2) is 12.1 Å². The van der Waals surface area contributed by atoms with Crippen LogP contribution in [0.25, 0.3) is 11.2 Å². The molecule has 1 atom stereocenters. The van der Waals surface area contributed by atoms with E-state index in [1.54, 1.807) is 0 Å². The standard InChI is InChI=1S/C15H21ClN4/c1-11-5-6-13-15(17-11)20(14(9-16)18-13)12(2)10-19-7-3-4-8-19/h5-6,12H,3-4,7-10H2,1-2H3. The van der Waals surface area contributed by atoms with E-state index < -0.39 is 0 Å². The van der Waals surface area contributed by atoms with Crippen molar-refractivity contribution in [2.75, 3.05) is 19.6 Å². The van der Waals surface area contributed by atoms with E-state index in [-0.39, 0.29) is 0 Å². The normalized spacial score (nSPS) is 17.9. The maximum Gasteiger partial charge on any atom is 0.160 e. The first-order valence-electron chi connectivity index (χ1n) is 7.32. The summed E-state index contributed by atoms with van der Waals surface area (Å²) in [5, 5.41) is 0. The van der Waals surface area contributed by atoms with E-state index in [4.69, 9.17) is 11.6 Å². The monoisotopic (exact) mass is 292 g/mol. The lowest BCUT2D eigenvalue weighted by Crippen LogP contribution is -2.27. The summed E-state index contributed by atoms with van der Waals surface area (Å²) in [4.78, 5) is 11.8. The molecule has 2 aromatic heterocycles. The first kappa shape index (κ1) is 13.8. The van der Waals surface area contributed by atoms with Crippen LogP contribution in [0.4, 0.5) is 0 Å². The molecule has 0 radical (unpaired) electrons. The van der Waals surface area contributed by atoms with Crippen molar-refractivity contribution < 1.29 is 0 Å². The molecule has 0 bridgehead atoms. The van der Waals surface area contributed by atoms with Crippen LogP contribution in [0.3, 0.4) is 0 Å². The van der Waals surface area contributed by atoms with Gasteiger partial charge in [0.25, 0.3) is 0 Å². The third-order valence-electron chi connectivity index (χ3n) is 4.03. The summed E-state index contributed by atoms with van der Waals surface area (Å²) in [5.74, 6) is 1.35. The van der Waals surface area contributed by atoms with Gasteiger partial charge in [-0.2, -0.15) is 0 Å². The van der Waals surface area contributed by atoms with Crippen LogP contribution < -0.4 is 0 Å². The molecule has 0 spiro atoms. The van der Waals surface area contributed by atoms with Gasteiger partial charge in [0.2, 0.25) is 0 Å². The van der Waals surface area contributed by atoms with Gasteiger partial charge in [-0.25, -0.2) is 9.97 Å². The number of alkyl halides is 1. The van der Waals surface area contributed by atoms with Crippen molar-refractivity contribution in [2.45, 2.75) is 38.6 Å². The Balaban J connectivity index is 1.96. The Labute approximate surface area is 124 Å². The summed E-state index contributed by atoms with van der Waals surface area (Å²) >= 11 is 6.08. The minimum absolute atomic E-state index is 0.348. The molecule has 0 saturated carbocycles. The fraction of sp³-hybridized carbons (Fsp3) is 0.600. The second-order valence-electron chi connectivity index (χ2n) is 5.68. The number of halogens is 1. The van der Waals surface area contributed by atoms with Gasteiger partial charge in [-0.05, 0) is 51.9 Å². The molecule has 1 fully saturated rings. The highest BCUT2D eigenvalue weighted by molar-refractivity contribution is 6.16. The van der Waals surface area contributed by atoms with E-state index in [1.165, 1.54) is 25.9 Å². The molecule has 0 aromatic carbocycles. The molecule has 5 heteroatoms. The average molecular weight is 293 g/mol. The molecule has 1 aliphatic rings. The quantitative estimate of drug-likeness (QED) is 0.812. The molecule has 2 aromatic rings. The summed E-state index contributed by atoms with van der Waals surface area (Å²) in [5.41, 5.74) is 2.93. The number of aryl methyl sites for hydroxylation is 1. The Morgan fingerprint density at radius 3 is 2.70 bits per heavy atom. The van der Waals surface area contributed by atoms with Crippen LogP contribution >= 0.6 is 11.6 Å². The number of fused-ring (bicyclic) bond motifs is 1. The van der Waals surface area contributed by atoms with Gasteiger partial charge in [-0.15, -0.1) is 11.6 Å². The Morgan fingerprint density at radius 2 is 2.00 bits per heavy atom. The Morgan fingerprint density at radius 1 is 1.25 bits per heavy atom. The predicted octanol–water partition coefficient (Wildman–Crippen LogP) is 3.14. The summed E-state index contributed by atoms with van der Waals surface area (Å²) in [6, 6.07) is 4.39. The average Bonchev–Trinajstić information content (AvgIpc) is 3.04. The number of hydrogen-bond donors (Lipinski definition) is 0. The van der Waals surface area contributed by atoms with Crippen LogP contribution in [0.1, 0.15) is 37.3 Å². The maximum atomic E-state index is 6.08. The van der Waals surface area contributed by atoms with Gasteiger partial charge in [0.05, 0.1) is 5.88 Å². The van der Waals surface area contributed by atoms with Crippen molar-refractivity contribution in [1.29, 1.82) is 0 Å². The van der Waals surface area contributed by atoms with Crippen molar-refractivity contribution in [2.24, 2.45) is 0 Å². The van der Waals surface area contributed by atoms with Crippen molar-refractivity contribution in [3.8, 4) is 0 Å². The van der Waals surface area contributed by atoms with E-state index in [0.29, 0.717) is 11.9 Å². The Hall–Kier alpha value is -1.13. The summed E-state index contributed by atoms with van der Waals surface area (Å²) in [6.45, 7) is 7.71. The van der Waals surface area contributed by atoms with E-state index in [2.05, 4.69) is 26.4 Å². The second kappa shape index (κ2) is 5.70. The Kier molecular flexibility index (Phi) is 3.94. The summed E-state index contributed by atoms with van der Waals surface area (Å²) < 4.78 is 2.22. The second-order valence-corrected chi connectivity index (χ2v) is 5.95. The van der Waals surface area contributed by atoms with Gasteiger partial charge in [0.1, 0.15) is 11.3 Å². The van der Waals surface area contributed by atoms with E-state index >= 15 is 0 Å². The lowest BCUT2D eigenvalue weighted by molar-refractivity contribution is 0.288. The smallest absolute Gasteiger partial charge is 0.160 e. The molecule has 108 valence electrons. The first-order chi connectivity index (χ1) is 9.69. The minimum atomic E-state index is 0.348. The van der Waals surface area contributed by atoms with Crippen molar-refractivity contribution in [3.63, 3.8) is 0 Å². The van der Waals surface area contributed by atoms with Crippen LogP contribution in [-0.4, -0.2) is 39.1 Å². The number of hydrogen-bond acceptors (Lipinski definition) is 3. The van der Waals surface area contributed by atoms with Crippen molar-refractivity contribution in [3.05, 3.63) is 23.7 Å². The zero-order valence-corrected chi connectivity index (χ0v) is 12.9. The number of pyridine rings is 1. The predicted molar refractivity (Wildman–Crippen MR) is 82.2 cm³/mol. The third-order valence-corrected chi connectivity index (χ3v) is 4.27. The van der Waals surface area contributed by atoms with Crippen LogP contribution in [-0.2, 0) is 5.88 Å². The van der Waals surface area contributed by atoms with Gasteiger partial charge in [-0.3, -0.25) is 0 Å². The molecule has 4 nitrogen and oxygen atoms in total. The van der Waals surface area contributed by atoms with E-state index in [1.807, 2.05) is 19.1 Å². The van der Waals surface area contributed by atoms with Crippen LogP contribution in [0.2, 0.25) is 0 Å². The number of nitrogens with zero attached hydrogens (tertiary/aromatic N) is 4. The van der Waals surface area contributed by atoms with Crippen LogP contribution in [0.5, 0.6) is 0 Å². The molecular formula is C15H21ClN4. The first-order valence-corrected chi connectivity index (χ1v) is 7.85. The molecule has 3 rings (SSSR count). The fourth-order valence-corrected chi connectivity index (χ4v) is 3.28. The van der Waals surface area contributed by atoms with Gasteiger partial charge >= 0.3 is 0 Å².